The lowest BCUT2D eigenvalue weighted by atomic mass is 10.1. The highest BCUT2D eigenvalue weighted by Gasteiger charge is 2.07. The van der Waals surface area contributed by atoms with Crippen LogP contribution in [0.4, 0.5) is 17.1 Å². The van der Waals surface area contributed by atoms with Crippen molar-refractivity contribution < 1.29 is 9.59 Å². The van der Waals surface area contributed by atoms with E-state index in [1.165, 1.54) is 18.7 Å². The number of hydrogen-bond donors (Lipinski definition) is 3. The van der Waals surface area contributed by atoms with Gasteiger partial charge in [-0.15, -0.1) is 0 Å². The molecule has 1 aromatic heterocycles. The smallest absolute Gasteiger partial charge is 0.252 e. The second-order valence-electron chi connectivity index (χ2n) is 6.34. The molecule has 0 atom stereocenters. The standard InChI is InChI=1S/C22H22N4O2/c1-16(27)25-19-8-5-9-20(13-19)26-21-12-18(14-23-15-21)22(28)24-11-10-17-6-3-2-4-7-17/h2-9,12-15,26H,10-11H2,1H3,(H,24,28)(H,25,27). The zero-order valence-electron chi connectivity index (χ0n) is 15.6. The van der Waals surface area contributed by atoms with Crippen molar-refractivity contribution in [2.24, 2.45) is 0 Å². The fraction of sp³-hybridized carbons (Fsp3) is 0.136. The highest BCUT2D eigenvalue weighted by atomic mass is 16.2. The highest BCUT2D eigenvalue weighted by Crippen LogP contribution is 2.20. The van der Waals surface area contributed by atoms with E-state index < -0.39 is 0 Å². The van der Waals surface area contributed by atoms with Crippen LogP contribution in [0.25, 0.3) is 0 Å². The van der Waals surface area contributed by atoms with Crippen LogP contribution in [0, 0.1) is 0 Å². The number of aromatic nitrogens is 1. The molecular weight excluding hydrogens is 352 g/mol. The van der Waals surface area contributed by atoms with Crippen molar-refractivity contribution in [2.45, 2.75) is 13.3 Å². The molecule has 0 spiro atoms. The lowest BCUT2D eigenvalue weighted by Crippen LogP contribution is -2.25. The summed E-state index contributed by atoms with van der Waals surface area (Å²) in [6.07, 6.45) is 3.95. The summed E-state index contributed by atoms with van der Waals surface area (Å²) in [5, 5.41) is 8.85. The van der Waals surface area contributed by atoms with Gasteiger partial charge in [0.15, 0.2) is 0 Å². The van der Waals surface area contributed by atoms with Gasteiger partial charge >= 0.3 is 0 Å². The molecular formula is C22H22N4O2. The molecule has 0 saturated carbocycles. The Morgan fingerprint density at radius 2 is 1.68 bits per heavy atom. The lowest BCUT2D eigenvalue weighted by Gasteiger charge is -2.10. The van der Waals surface area contributed by atoms with Crippen LogP contribution in [-0.4, -0.2) is 23.3 Å². The summed E-state index contributed by atoms with van der Waals surface area (Å²) in [5.74, 6) is -0.299. The average Bonchev–Trinajstić information content (AvgIpc) is 2.69. The van der Waals surface area contributed by atoms with E-state index in [1.54, 1.807) is 18.3 Å². The number of benzene rings is 2. The summed E-state index contributed by atoms with van der Waals surface area (Å²) in [5.41, 5.74) is 3.83. The van der Waals surface area contributed by atoms with Gasteiger partial charge in [-0.25, -0.2) is 0 Å². The van der Waals surface area contributed by atoms with Gasteiger partial charge in [0, 0.05) is 31.0 Å². The van der Waals surface area contributed by atoms with Crippen LogP contribution >= 0.6 is 0 Å². The molecule has 0 saturated heterocycles. The normalized spacial score (nSPS) is 10.2. The maximum Gasteiger partial charge on any atom is 0.252 e. The summed E-state index contributed by atoms with van der Waals surface area (Å²) < 4.78 is 0. The van der Waals surface area contributed by atoms with Crippen molar-refractivity contribution in [1.29, 1.82) is 0 Å². The summed E-state index contributed by atoms with van der Waals surface area (Å²) in [6, 6.07) is 19.1. The first-order chi connectivity index (χ1) is 13.6. The first-order valence-corrected chi connectivity index (χ1v) is 9.02. The lowest BCUT2D eigenvalue weighted by molar-refractivity contribution is -0.114. The van der Waals surface area contributed by atoms with E-state index in [0.717, 1.165) is 12.1 Å². The van der Waals surface area contributed by atoms with E-state index >= 15 is 0 Å². The molecule has 3 rings (SSSR count). The molecule has 28 heavy (non-hydrogen) atoms. The van der Waals surface area contributed by atoms with Gasteiger partial charge in [-0.1, -0.05) is 36.4 Å². The number of amides is 2. The fourth-order valence-corrected chi connectivity index (χ4v) is 2.74. The van der Waals surface area contributed by atoms with Crippen LogP contribution < -0.4 is 16.0 Å². The number of nitrogens with zero attached hydrogens (tertiary/aromatic N) is 1. The number of pyridine rings is 1. The van der Waals surface area contributed by atoms with Gasteiger partial charge in [0.2, 0.25) is 5.91 Å². The van der Waals surface area contributed by atoms with Crippen LogP contribution in [0.15, 0.2) is 73.1 Å². The topological polar surface area (TPSA) is 83.1 Å². The Kier molecular flexibility index (Phi) is 6.36. The predicted molar refractivity (Wildman–Crippen MR) is 111 cm³/mol. The van der Waals surface area contributed by atoms with Gasteiger partial charge in [-0.2, -0.15) is 0 Å². The van der Waals surface area contributed by atoms with Gasteiger partial charge < -0.3 is 16.0 Å². The Balaban J connectivity index is 1.60. The molecule has 142 valence electrons. The number of carbonyl (C=O) groups is 2. The maximum atomic E-state index is 12.4. The van der Waals surface area contributed by atoms with E-state index in [2.05, 4.69) is 20.9 Å². The van der Waals surface area contributed by atoms with Gasteiger partial charge in [0.05, 0.1) is 17.4 Å². The predicted octanol–water partition coefficient (Wildman–Crippen LogP) is 3.76. The van der Waals surface area contributed by atoms with Gasteiger partial charge in [-0.3, -0.25) is 14.6 Å². The summed E-state index contributed by atoms with van der Waals surface area (Å²) >= 11 is 0. The molecule has 2 aromatic carbocycles. The van der Waals surface area contributed by atoms with Crippen molar-refractivity contribution in [1.82, 2.24) is 10.3 Å². The second kappa shape index (κ2) is 9.32. The molecule has 0 aliphatic carbocycles. The third-order valence-electron chi connectivity index (χ3n) is 4.01. The van der Waals surface area contributed by atoms with Gasteiger partial charge in [0.1, 0.15) is 0 Å². The molecule has 0 radical (unpaired) electrons. The molecule has 1 heterocycles. The number of nitrogens with one attached hydrogen (secondary N) is 3. The minimum absolute atomic E-state index is 0.131. The Hall–Kier alpha value is -3.67. The largest absolute Gasteiger partial charge is 0.354 e. The van der Waals surface area contributed by atoms with E-state index in [-0.39, 0.29) is 11.8 Å². The van der Waals surface area contributed by atoms with Gasteiger partial charge in [0.25, 0.3) is 5.91 Å². The van der Waals surface area contributed by atoms with Crippen molar-refractivity contribution in [3.63, 3.8) is 0 Å². The Labute approximate surface area is 164 Å². The van der Waals surface area contributed by atoms with Crippen LogP contribution in [0.1, 0.15) is 22.8 Å². The van der Waals surface area contributed by atoms with E-state index in [9.17, 15) is 9.59 Å². The zero-order chi connectivity index (χ0) is 19.8. The molecule has 0 aliphatic rings. The van der Waals surface area contributed by atoms with E-state index in [1.807, 2.05) is 48.5 Å². The summed E-state index contributed by atoms with van der Waals surface area (Å²) in [6.45, 7) is 2.02. The number of anilines is 3. The molecule has 3 aromatic rings. The van der Waals surface area contributed by atoms with Crippen molar-refractivity contribution in [3.05, 3.63) is 84.2 Å². The fourth-order valence-electron chi connectivity index (χ4n) is 2.74. The monoisotopic (exact) mass is 374 g/mol. The van der Waals surface area contributed by atoms with Crippen LogP contribution in [0.5, 0.6) is 0 Å². The van der Waals surface area contributed by atoms with E-state index in [4.69, 9.17) is 0 Å². The Morgan fingerprint density at radius 1 is 0.893 bits per heavy atom. The molecule has 6 nitrogen and oxygen atoms in total. The minimum Gasteiger partial charge on any atom is -0.354 e. The average molecular weight is 374 g/mol. The molecule has 6 heteroatoms. The molecule has 3 N–H and O–H groups in total. The zero-order valence-corrected chi connectivity index (χ0v) is 15.6. The van der Waals surface area contributed by atoms with Gasteiger partial charge in [-0.05, 0) is 36.2 Å². The van der Waals surface area contributed by atoms with Crippen LogP contribution in [0.2, 0.25) is 0 Å². The minimum atomic E-state index is -0.168. The first-order valence-electron chi connectivity index (χ1n) is 9.02. The van der Waals surface area contributed by atoms with Crippen LogP contribution in [0.3, 0.4) is 0 Å². The maximum absolute atomic E-state index is 12.4. The molecule has 0 fully saturated rings. The molecule has 0 aliphatic heterocycles. The number of rotatable bonds is 7. The number of carbonyl (C=O) groups excluding carboxylic acids is 2. The molecule has 0 bridgehead atoms. The third-order valence-corrected chi connectivity index (χ3v) is 4.01. The van der Waals surface area contributed by atoms with E-state index in [0.29, 0.717) is 23.5 Å². The van der Waals surface area contributed by atoms with Crippen molar-refractivity contribution in [2.75, 3.05) is 17.2 Å². The molecule has 0 unspecified atom stereocenters. The van der Waals surface area contributed by atoms with Crippen molar-refractivity contribution >= 4 is 28.9 Å². The summed E-state index contributed by atoms with van der Waals surface area (Å²) in [4.78, 5) is 27.7. The third kappa shape index (κ3) is 5.67. The second-order valence-corrected chi connectivity index (χ2v) is 6.34. The molecule has 2 amide bonds. The number of hydrogen-bond acceptors (Lipinski definition) is 4. The quantitative estimate of drug-likeness (QED) is 0.588. The SMILES string of the molecule is CC(=O)Nc1cccc(Nc2cncc(C(=O)NCCc3ccccc3)c2)c1. The van der Waals surface area contributed by atoms with Crippen LogP contribution in [-0.2, 0) is 11.2 Å². The Bertz CT molecular complexity index is 958. The summed E-state index contributed by atoms with van der Waals surface area (Å²) in [7, 11) is 0. The first kappa shape index (κ1) is 19.1. The highest BCUT2D eigenvalue weighted by molar-refractivity contribution is 5.95. The van der Waals surface area contributed by atoms with Crippen molar-refractivity contribution in [3.8, 4) is 0 Å². The Morgan fingerprint density at radius 3 is 2.46 bits per heavy atom.